The van der Waals surface area contributed by atoms with Crippen LogP contribution in [0.3, 0.4) is 0 Å². The monoisotopic (exact) mass is 249 g/mol. The lowest BCUT2D eigenvalue weighted by Gasteiger charge is -2.01. The Hall–Kier alpha value is -0.880. The van der Waals surface area contributed by atoms with Gasteiger partial charge in [-0.25, -0.2) is 0 Å². The SMILES string of the molecule is C=CNC(=O)CCCCCCCS(=O)(=O)O. The normalized spacial score (nSPS) is 11.1. The Kier molecular flexibility index (Phi) is 7.84. The number of amides is 1. The molecule has 0 saturated heterocycles. The molecule has 2 N–H and O–H groups in total. The summed E-state index contributed by atoms with van der Waals surface area (Å²) in [5, 5.41) is 2.48. The van der Waals surface area contributed by atoms with Crippen LogP contribution in [-0.2, 0) is 14.9 Å². The summed E-state index contributed by atoms with van der Waals surface area (Å²) in [7, 11) is -3.81. The van der Waals surface area contributed by atoms with Gasteiger partial charge in [0.05, 0.1) is 5.75 Å². The van der Waals surface area contributed by atoms with Crippen LogP contribution in [-0.4, -0.2) is 24.6 Å². The van der Waals surface area contributed by atoms with E-state index in [2.05, 4.69) is 11.9 Å². The van der Waals surface area contributed by atoms with E-state index in [1.54, 1.807) is 0 Å². The molecule has 16 heavy (non-hydrogen) atoms. The third-order valence-electron chi connectivity index (χ3n) is 2.07. The van der Waals surface area contributed by atoms with E-state index in [0.717, 1.165) is 25.7 Å². The molecule has 0 atom stereocenters. The molecular weight excluding hydrogens is 230 g/mol. The van der Waals surface area contributed by atoms with Crippen LogP contribution in [0.1, 0.15) is 38.5 Å². The third kappa shape index (κ3) is 11.2. The number of carbonyl (C=O) groups excluding carboxylic acids is 1. The zero-order valence-corrected chi connectivity index (χ0v) is 10.1. The molecule has 1 amide bonds. The molecule has 5 nitrogen and oxygen atoms in total. The molecule has 0 heterocycles. The van der Waals surface area contributed by atoms with E-state index in [4.69, 9.17) is 4.55 Å². The molecule has 0 aliphatic rings. The number of hydrogen-bond acceptors (Lipinski definition) is 3. The van der Waals surface area contributed by atoms with Crippen molar-refractivity contribution in [2.45, 2.75) is 38.5 Å². The van der Waals surface area contributed by atoms with Crippen molar-refractivity contribution in [3.63, 3.8) is 0 Å². The molecule has 0 unspecified atom stereocenters. The lowest BCUT2D eigenvalue weighted by molar-refractivity contribution is -0.120. The summed E-state index contributed by atoms with van der Waals surface area (Å²) in [5.74, 6) is -0.225. The van der Waals surface area contributed by atoms with Crippen molar-refractivity contribution < 1.29 is 17.8 Å². The second kappa shape index (κ2) is 8.29. The Morgan fingerprint density at radius 2 is 1.75 bits per heavy atom. The molecule has 0 spiro atoms. The van der Waals surface area contributed by atoms with E-state index in [1.165, 1.54) is 6.20 Å². The quantitative estimate of drug-likeness (QED) is 0.479. The van der Waals surface area contributed by atoms with Crippen molar-refractivity contribution in [3.05, 3.63) is 12.8 Å². The summed E-state index contributed by atoms with van der Waals surface area (Å²) in [6, 6.07) is 0. The van der Waals surface area contributed by atoms with E-state index in [1.807, 2.05) is 0 Å². The van der Waals surface area contributed by atoms with Gasteiger partial charge in [-0.15, -0.1) is 0 Å². The summed E-state index contributed by atoms with van der Waals surface area (Å²) in [4.78, 5) is 11.0. The smallest absolute Gasteiger partial charge is 0.264 e. The van der Waals surface area contributed by atoms with Crippen LogP contribution in [0.25, 0.3) is 0 Å². The Labute approximate surface area is 96.7 Å². The Balaban J connectivity index is 3.28. The first kappa shape index (κ1) is 15.1. The van der Waals surface area contributed by atoms with Gasteiger partial charge in [0.1, 0.15) is 0 Å². The Morgan fingerprint density at radius 3 is 2.31 bits per heavy atom. The van der Waals surface area contributed by atoms with Crippen molar-refractivity contribution in [3.8, 4) is 0 Å². The average molecular weight is 249 g/mol. The number of rotatable bonds is 9. The van der Waals surface area contributed by atoms with Gasteiger partial charge in [0, 0.05) is 6.42 Å². The van der Waals surface area contributed by atoms with Gasteiger partial charge < -0.3 is 5.32 Å². The van der Waals surface area contributed by atoms with Crippen molar-refractivity contribution in [1.29, 1.82) is 0 Å². The zero-order valence-electron chi connectivity index (χ0n) is 9.31. The summed E-state index contributed by atoms with van der Waals surface area (Å²) >= 11 is 0. The molecule has 0 fully saturated rings. The number of carbonyl (C=O) groups is 1. The van der Waals surface area contributed by atoms with Gasteiger partial charge in [-0.3, -0.25) is 9.35 Å². The fourth-order valence-corrected chi connectivity index (χ4v) is 1.86. The molecular formula is C10H19NO4S. The fraction of sp³-hybridized carbons (Fsp3) is 0.700. The fourth-order valence-electron chi connectivity index (χ4n) is 1.29. The summed E-state index contributed by atoms with van der Waals surface area (Å²) in [6.45, 7) is 3.38. The first-order chi connectivity index (χ1) is 7.45. The van der Waals surface area contributed by atoms with Crippen molar-refractivity contribution >= 4 is 16.0 Å². The van der Waals surface area contributed by atoms with Crippen LogP contribution in [0, 0.1) is 0 Å². The zero-order chi connectivity index (χ0) is 12.4. The lowest BCUT2D eigenvalue weighted by atomic mass is 10.1. The maximum atomic E-state index is 11.0. The highest BCUT2D eigenvalue weighted by atomic mass is 32.2. The minimum absolute atomic E-state index is 0.0482. The highest BCUT2D eigenvalue weighted by molar-refractivity contribution is 7.85. The third-order valence-corrected chi connectivity index (χ3v) is 2.87. The molecule has 0 aromatic heterocycles. The average Bonchev–Trinajstić information content (AvgIpc) is 2.15. The van der Waals surface area contributed by atoms with Crippen molar-refractivity contribution in [2.24, 2.45) is 0 Å². The number of unbranched alkanes of at least 4 members (excludes halogenated alkanes) is 4. The summed E-state index contributed by atoms with van der Waals surface area (Å²) in [5.41, 5.74) is 0. The van der Waals surface area contributed by atoms with E-state index < -0.39 is 10.1 Å². The van der Waals surface area contributed by atoms with Crippen molar-refractivity contribution in [1.82, 2.24) is 5.32 Å². The van der Waals surface area contributed by atoms with Crippen molar-refractivity contribution in [2.75, 3.05) is 5.75 Å². The van der Waals surface area contributed by atoms with E-state index in [-0.39, 0.29) is 11.7 Å². The maximum absolute atomic E-state index is 11.0. The van der Waals surface area contributed by atoms with E-state index >= 15 is 0 Å². The summed E-state index contributed by atoms with van der Waals surface area (Å²) < 4.78 is 29.2. The number of nitrogens with one attached hydrogen (secondary N) is 1. The van der Waals surface area contributed by atoms with E-state index in [0.29, 0.717) is 12.8 Å². The number of hydrogen-bond donors (Lipinski definition) is 2. The minimum Gasteiger partial charge on any atom is -0.333 e. The standard InChI is InChI=1S/C10H19NO4S/c1-2-11-10(12)8-6-4-3-5-7-9-16(13,14)15/h2H,1,3-9H2,(H,11,12)(H,13,14,15). The Bertz CT molecular complexity index is 311. The minimum atomic E-state index is -3.81. The van der Waals surface area contributed by atoms with Crippen LogP contribution in [0.15, 0.2) is 12.8 Å². The molecule has 0 rings (SSSR count). The lowest BCUT2D eigenvalue weighted by Crippen LogP contribution is -2.15. The van der Waals surface area contributed by atoms with Crippen LogP contribution < -0.4 is 5.32 Å². The highest BCUT2D eigenvalue weighted by Crippen LogP contribution is 2.06. The van der Waals surface area contributed by atoms with Gasteiger partial charge in [0.2, 0.25) is 5.91 Å². The first-order valence-corrected chi connectivity index (χ1v) is 6.92. The molecule has 0 saturated carbocycles. The molecule has 0 aromatic carbocycles. The maximum Gasteiger partial charge on any atom is 0.264 e. The second-order valence-electron chi connectivity index (χ2n) is 3.58. The first-order valence-electron chi connectivity index (χ1n) is 5.31. The second-order valence-corrected chi connectivity index (χ2v) is 5.15. The van der Waals surface area contributed by atoms with Crippen LogP contribution in [0.5, 0.6) is 0 Å². The predicted molar refractivity (Wildman–Crippen MR) is 62.5 cm³/mol. The molecule has 94 valence electrons. The largest absolute Gasteiger partial charge is 0.333 e. The van der Waals surface area contributed by atoms with Crippen LogP contribution >= 0.6 is 0 Å². The van der Waals surface area contributed by atoms with Gasteiger partial charge >= 0.3 is 0 Å². The molecule has 0 aromatic rings. The summed E-state index contributed by atoms with van der Waals surface area (Å²) in [6.07, 6.45) is 5.58. The van der Waals surface area contributed by atoms with Crippen LogP contribution in [0.4, 0.5) is 0 Å². The van der Waals surface area contributed by atoms with Gasteiger partial charge in [0.15, 0.2) is 0 Å². The highest BCUT2D eigenvalue weighted by Gasteiger charge is 2.03. The van der Waals surface area contributed by atoms with Gasteiger partial charge in [-0.1, -0.05) is 25.8 Å². The molecule has 0 bridgehead atoms. The molecule has 6 heteroatoms. The molecule has 0 aliphatic carbocycles. The van der Waals surface area contributed by atoms with Gasteiger partial charge in [-0.2, -0.15) is 8.42 Å². The Morgan fingerprint density at radius 1 is 1.19 bits per heavy atom. The predicted octanol–water partition coefficient (Wildman–Crippen LogP) is 1.47. The van der Waals surface area contributed by atoms with Gasteiger partial charge in [-0.05, 0) is 19.0 Å². The molecule has 0 aliphatic heterocycles. The van der Waals surface area contributed by atoms with Crippen LogP contribution in [0.2, 0.25) is 0 Å². The topological polar surface area (TPSA) is 83.5 Å². The van der Waals surface area contributed by atoms with E-state index in [9.17, 15) is 13.2 Å². The van der Waals surface area contributed by atoms with Gasteiger partial charge in [0.25, 0.3) is 10.1 Å². The molecule has 0 radical (unpaired) electrons.